The number of benzene rings is 1. The maximum absolute atomic E-state index is 11.7. The van der Waals surface area contributed by atoms with Crippen molar-refractivity contribution in [2.45, 2.75) is 11.3 Å². The average Bonchev–Trinajstić information content (AvgIpc) is 3.08. The van der Waals surface area contributed by atoms with Crippen LogP contribution >= 0.6 is 0 Å². The first-order valence-corrected chi connectivity index (χ1v) is 7.00. The van der Waals surface area contributed by atoms with E-state index in [0.717, 1.165) is 0 Å². The Labute approximate surface area is 109 Å². The van der Waals surface area contributed by atoms with Gasteiger partial charge in [0.25, 0.3) is 0 Å². The maximum atomic E-state index is 11.7. The van der Waals surface area contributed by atoms with E-state index in [2.05, 4.69) is 5.32 Å². The second-order valence-corrected chi connectivity index (χ2v) is 5.91. The molecule has 1 aliphatic rings. The number of carboxylic acid groups (broad SMARTS) is 1. The first-order valence-electron chi connectivity index (χ1n) is 5.45. The zero-order valence-corrected chi connectivity index (χ0v) is 10.6. The summed E-state index contributed by atoms with van der Waals surface area (Å²) in [6.45, 7) is 0. The summed E-state index contributed by atoms with van der Waals surface area (Å²) in [5.74, 6) is -2.64. The van der Waals surface area contributed by atoms with Crippen molar-refractivity contribution in [3.05, 3.63) is 24.3 Å². The van der Waals surface area contributed by atoms with Gasteiger partial charge in [-0.1, -0.05) is 6.07 Å². The summed E-state index contributed by atoms with van der Waals surface area (Å²) in [5.41, 5.74) is 0.271. The third-order valence-electron chi connectivity index (χ3n) is 2.87. The lowest BCUT2D eigenvalue weighted by Gasteiger charge is -2.06. The highest BCUT2D eigenvalue weighted by Crippen LogP contribution is 2.39. The predicted molar refractivity (Wildman–Crippen MR) is 65.7 cm³/mol. The Kier molecular flexibility index (Phi) is 3.29. The second kappa shape index (κ2) is 4.63. The number of nitrogens with two attached hydrogens (primary N) is 1. The van der Waals surface area contributed by atoms with Gasteiger partial charge in [0.15, 0.2) is 0 Å². The van der Waals surface area contributed by atoms with Gasteiger partial charge in [0, 0.05) is 5.69 Å². The number of carbonyl (C=O) groups is 2. The van der Waals surface area contributed by atoms with Crippen molar-refractivity contribution in [2.75, 3.05) is 5.32 Å². The molecule has 2 rings (SSSR count). The zero-order chi connectivity index (χ0) is 14.2. The van der Waals surface area contributed by atoms with Gasteiger partial charge in [0.05, 0.1) is 16.7 Å². The van der Waals surface area contributed by atoms with Crippen LogP contribution in [-0.4, -0.2) is 25.4 Å². The number of rotatable bonds is 4. The molecule has 0 saturated heterocycles. The fourth-order valence-corrected chi connectivity index (χ4v) is 2.30. The molecule has 0 unspecified atom stereocenters. The van der Waals surface area contributed by atoms with Crippen LogP contribution in [0.4, 0.5) is 5.69 Å². The Hall–Kier alpha value is -1.93. The molecule has 1 aromatic rings. The molecule has 102 valence electrons. The first kappa shape index (κ1) is 13.5. The van der Waals surface area contributed by atoms with E-state index in [9.17, 15) is 18.0 Å². The Morgan fingerprint density at radius 2 is 2.00 bits per heavy atom. The van der Waals surface area contributed by atoms with Crippen molar-refractivity contribution in [1.82, 2.24) is 0 Å². The number of amides is 1. The molecule has 7 nitrogen and oxygen atoms in total. The molecule has 0 aromatic heterocycles. The van der Waals surface area contributed by atoms with Gasteiger partial charge in [0.2, 0.25) is 15.9 Å². The van der Waals surface area contributed by atoms with Gasteiger partial charge in [-0.3, -0.25) is 9.59 Å². The molecule has 0 heterocycles. The standard InChI is InChI=1S/C11H12N2O5S/c12-19(17,18)7-3-1-2-6(4-7)13-10(14)8-5-9(8)11(15)16/h1-4,8-9H,5H2,(H,13,14)(H,15,16)(H2,12,17,18)/t8-,9-/m1/s1. The quantitative estimate of drug-likeness (QED) is 0.717. The van der Waals surface area contributed by atoms with Gasteiger partial charge in [-0.25, -0.2) is 13.6 Å². The number of primary sulfonamides is 1. The van der Waals surface area contributed by atoms with E-state index in [-0.39, 0.29) is 10.6 Å². The van der Waals surface area contributed by atoms with Crippen molar-refractivity contribution in [1.29, 1.82) is 0 Å². The topological polar surface area (TPSA) is 127 Å². The number of hydrogen-bond acceptors (Lipinski definition) is 4. The minimum atomic E-state index is -3.84. The highest BCUT2D eigenvalue weighted by molar-refractivity contribution is 7.89. The van der Waals surface area contributed by atoms with Crippen LogP contribution in [0, 0.1) is 11.8 Å². The van der Waals surface area contributed by atoms with Gasteiger partial charge < -0.3 is 10.4 Å². The number of sulfonamides is 1. The van der Waals surface area contributed by atoms with E-state index in [1.807, 2.05) is 0 Å². The van der Waals surface area contributed by atoms with E-state index >= 15 is 0 Å². The normalized spacial score (nSPS) is 21.7. The highest BCUT2D eigenvalue weighted by atomic mass is 32.2. The van der Waals surface area contributed by atoms with Crippen LogP contribution in [0.1, 0.15) is 6.42 Å². The number of hydrogen-bond donors (Lipinski definition) is 3. The van der Waals surface area contributed by atoms with Crippen LogP contribution in [0.15, 0.2) is 29.2 Å². The summed E-state index contributed by atoms with van der Waals surface area (Å²) < 4.78 is 22.3. The van der Waals surface area contributed by atoms with Crippen molar-refractivity contribution < 1.29 is 23.1 Å². The summed E-state index contributed by atoms with van der Waals surface area (Å²) in [4.78, 5) is 22.2. The summed E-state index contributed by atoms with van der Waals surface area (Å²) in [5, 5.41) is 16.2. The lowest BCUT2D eigenvalue weighted by atomic mass is 10.2. The summed E-state index contributed by atoms with van der Waals surface area (Å²) in [7, 11) is -3.84. The molecular formula is C11H12N2O5S. The van der Waals surface area contributed by atoms with Gasteiger partial charge in [-0.15, -0.1) is 0 Å². The van der Waals surface area contributed by atoms with Gasteiger partial charge >= 0.3 is 5.97 Å². The highest BCUT2D eigenvalue weighted by Gasteiger charge is 2.48. The van der Waals surface area contributed by atoms with Crippen LogP contribution in [-0.2, 0) is 19.6 Å². The summed E-state index contributed by atoms with van der Waals surface area (Å²) >= 11 is 0. The minimum absolute atomic E-state index is 0.115. The molecule has 0 bridgehead atoms. The lowest BCUT2D eigenvalue weighted by molar-refractivity contribution is -0.139. The number of nitrogens with one attached hydrogen (secondary N) is 1. The first-order chi connectivity index (χ1) is 8.79. The van der Waals surface area contributed by atoms with Crippen molar-refractivity contribution >= 4 is 27.6 Å². The Morgan fingerprint density at radius 3 is 2.53 bits per heavy atom. The van der Waals surface area contributed by atoms with Crippen LogP contribution in [0.3, 0.4) is 0 Å². The van der Waals surface area contributed by atoms with Crippen molar-refractivity contribution in [2.24, 2.45) is 17.0 Å². The van der Waals surface area contributed by atoms with Crippen LogP contribution in [0.5, 0.6) is 0 Å². The molecule has 0 spiro atoms. The molecule has 19 heavy (non-hydrogen) atoms. The largest absolute Gasteiger partial charge is 0.481 e. The molecule has 8 heteroatoms. The van der Waals surface area contributed by atoms with Crippen LogP contribution in [0.25, 0.3) is 0 Å². The molecule has 1 saturated carbocycles. The predicted octanol–water partition coefficient (Wildman–Crippen LogP) is -0.00680. The molecule has 2 atom stereocenters. The van der Waals surface area contributed by atoms with Crippen LogP contribution in [0.2, 0.25) is 0 Å². The molecular weight excluding hydrogens is 272 g/mol. The number of aliphatic carboxylic acids is 1. The molecule has 0 radical (unpaired) electrons. The lowest BCUT2D eigenvalue weighted by Crippen LogP contribution is -2.17. The molecule has 1 aliphatic carbocycles. The Balaban J connectivity index is 2.09. The van der Waals surface area contributed by atoms with E-state index in [1.165, 1.54) is 24.3 Å². The average molecular weight is 284 g/mol. The fourth-order valence-electron chi connectivity index (χ4n) is 1.74. The van der Waals surface area contributed by atoms with Gasteiger partial charge in [0.1, 0.15) is 0 Å². The van der Waals surface area contributed by atoms with Gasteiger partial charge in [-0.2, -0.15) is 0 Å². The monoisotopic (exact) mass is 284 g/mol. The van der Waals surface area contributed by atoms with E-state index in [0.29, 0.717) is 6.42 Å². The molecule has 0 aliphatic heterocycles. The molecule has 1 amide bonds. The fraction of sp³-hybridized carbons (Fsp3) is 0.273. The Morgan fingerprint density at radius 1 is 1.32 bits per heavy atom. The smallest absolute Gasteiger partial charge is 0.307 e. The Bertz CT molecular complexity index is 640. The molecule has 1 aromatic carbocycles. The van der Waals surface area contributed by atoms with Crippen molar-refractivity contribution in [3.8, 4) is 0 Å². The third kappa shape index (κ3) is 3.09. The summed E-state index contributed by atoms with van der Waals surface area (Å²) in [6, 6.07) is 5.48. The second-order valence-electron chi connectivity index (χ2n) is 4.35. The molecule has 4 N–H and O–H groups in total. The third-order valence-corrected chi connectivity index (χ3v) is 3.79. The van der Waals surface area contributed by atoms with Gasteiger partial charge in [-0.05, 0) is 24.6 Å². The zero-order valence-electron chi connectivity index (χ0n) is 9.74. The van der Waals surface area contributed by atoms with E-state index < -0.39 is 33.7 Å². The number of anilines is 1. The SMILES string of the molecule is NS(=O)(=O)c1cccc(NC(=O)[C@@H]2C[C@H]2C(=O)O)c1. The number of carbonyl (C=O) groups excluding carboxylic acids is 1. The molecule has 1 fully saturated rings. The van der Waals surface area contributed by atoms with Crippen molar-refractivity contribution in [3.63, 3.8) is 0 Å². The summed E-state index contributed by atoms with van der Waals surface area (Å²) in [6.07, 6.45) is 0.302. The van der Waals surface area contributed by atoms with Crippen LogP contribution < -0.4 is 10.5 Å². The van der Waals surface area contributed by atoms with E-state index in [4.69, 9.17) is 10.2 Å². The number of carboxylic acids is 1. The van der Waals surface area contributed by atoms with E-state index in [1.54, 1.807) is 0 Å². The minimum Gasteiger partial charge on any atom is -0.481 e. The maximum Gasteiger partial charge on any atom is 0.307 e.